The van der Waals surface area contributed by atoms with E-state index in [0.717, 1.165) is 26.0 Å². The predicted octanol–water partition coefficient (Wildman–Crippen LogP) is 3.03. The molecule has 1 heterocycles. The van der Waals surface area contributed by atoms with Crippen LogP contribution in [0.2, 0.25) is 5.02 Å². The Balaban J connectivity index is 3.06. The van der Waals surface area contributed by atoms with Gasteiger partial charge in [-0.05, 0) is 26.0 Å². The molecule has 0 bridgehead atoms. The second-order valence-corrected chi connectivity index (χ2v) is 7.68. The van der Waals surface area contributed by atoms with Gasteiger partial charge >= 0.3 is 24.3 Å². The normalized spacial score (nSPS) is 30.1. The number of esters is 2. The fraction of sp³-hybridized carbons (Fsp3) is 0.579. The van der Waals surface area contributed by atoms with Crippen molar-refractivity contribution >= 4 is 23.5 Å². The molecule has 15 heteroatoms. The highest BCUT2D eigenvalue weighted by atomic mass is 35.5. The Morgan fingerprint density at radius 2 is 1.38 bits per heavy atom. The Morgan fingerprint density at radius 3 is 1.71 bits per heavy atom. The first-order valence-electron chi connectivity index (χ1n) is 9.62. The molecule has 1 unspecified atom stereocenters. The summed E-state index contributed by atoms with van der Waals surface area (Å²) in [6, 6.07) is 2.41. The maximum Gasteiger partial charge on any atom is 0.432 e. The smallest absolute Gasteiger partial charge is 0.432 e. The quantitative estimate of drug-likeness (QED) is 0.401. The van der Waals surface area contributed by atoms with E-state index < -0.39 is 83.1 Å². The number of hydrogen-bond acceptors (Lipinski definition) is 7. The first kappa shape index (κ1) is 28.1. The van der Waals surface area contributed by atoms with Crippen molar-refractivity contribution in [1.29, 1.82) is 0 Å². The van der Waals surface area contributed by atoms with Gasteiger partial charge in [-0.2, -0.15) is 26.3 Å². The molecule has 2 rings (SSSR count). The Morgan fingerprint density at radius 1 is 0.971 bits per heavy atom. The second kappa shape index (κ2) is 9.47. The van der Waals surface area contributed by atoms with Crippen LogP contribution >= 0.6 is 11.6 Å². The van der Waals surface area contributed by atoms with Crippen LogP contribution in [0.15, 0.2) is 18.2 Å². The highest BCUT2D eigenvalue weighted by Crippen LogP contribution is 2.56. The van der Waals surface area contributed by atoms with Crippen LogP contribution in [-0.4, -0.2) is 59.2 Å². The average molecular weight is 526 g/mol. The number of nitrogens with one attached hydrogen (secondary N) is 1. The number of carbonyl (C=O) groups excluding carboxylic acids is 2. The molecule has 0 saturated carbocycles. The van der Waals surface area contributed by atoms with Crippen LogP contribution in [0, 0.1) is 17.7 Å². The van der Waals surface area contributed by atoms with E-state index in [9.17, 15) is 50.5 Å². The Kier molecular flexibility index (Phi) is 7.82. The van der Waals surface area contributed by atoms with Gasteiger partial charge in [0.25, 0.3) is 0 Å². The van der Waals surface area contributed by atoms with E-state index in [0.29, 0.717) is 11.4 Å². The van der Waals surface area contributed by atoms with Crippen LogP contribution in [0.3, 0.4) is 0 Å². The fourth-order valence-corrected chi connectivity index (χ4v) is 4.20. The van der Waals surface area contributed by atoms with Gasteiger partial charge in [0.15, 0.2) is 0 Å². The number of aliphatic hydroxyl groups is 2. The zero-order chi connectivity index (χ0) is 26.3. The number of hydrogen-bond donors (Lipinski definition) is 3. The minimum Gasteiger partial charge on any atom is -0.466 e. The number of benzene rings is 1. The molecule has 192 valence electrons. The number of alkyl halides is 6. The molecule has 0 spiro atoms. The van der Waals surface area contributed by atoms with Crippen LogP contribution in [0.25, 0.3) is 0 Å². The van der Waals surface area contributed by atoms with Crippen molar-refractivity contribution in [3.8, 4) is 0 Å². The summed E-state index contributed by atoms with van der Waals surface area (Å²) in [5.74, 6) is -14.5. The summed E-state index contributed by atoms with van der Waals surface area (Å²) < 4.78 is 108. The van der Waals surface area contributed by atoms with Crippen LogP contribution in [0.1, 0.15) is 25.3 Å². The Hall–Kier alpha value is -2.16. The number of halogens is 8. The van der Waals surface area contributed by atoms with Gasteiger partial charge in [-0.1, -0.05) is 17.7 Å². The van der Waals surface area contributed by atoms with Gasteiger partial charge in [-0.3, -0.25) is 9.59 Å². The maximum atomic E-state index is 14.8. The van der Waals surface area contributed by atoms with Gasteiger partial charge in [0, 0.05) is 16.5 Å². The van der Waals surface area contributed by atoms with Crippen molar-refractivity contribution in [2.24, 2.45) is 11.8 Å². The van der Waals surface area contributed by atoms with Gasteiger partial charge in [0.2, 0.25) is 11.4 Å². The van der Waals surface area contributed by atoms with Crippen LogP contribution in [-0.2, 0) is 19.1 Å². The fourth-order valence-electron chi connectivity index (χ4n) is 3.91. The zero-order valence-electron chi connectivity index (χ0n) is 17.4. The van der Waals surface area contributed by atoms with Gasteiger partial charge in [-0.15, -0.1) is 0 Å². The molecule has 1 aromatic rings. The lowest BCUT2D eigenvalue weighted by atomic mass is 9.64. The molecule has 7 nitrogen and oxygen atoms in total. The summed E-state index contributed by atoms with van der Waals surface area (Å²) in [7, 11) is 0. The van der Waals surface area contributed by atoms with Crippen molar-refractivity contribution in [3.63, 3.8) is 0 Å². The monoisotopic (exact) mass is 525 g/mol. The van der Waals surface area contributed by atoms with E-state index in [1.807, 2.05) is 0 Å². The first-order valence-corrected chi connectivity index (χ1v) is 10.00. The molecule has 0 radical (unpaired) electrons. The molecular weight excluding hydrogens is 507 g/mol. The molecule has 0 aliphatic carbocycles. The summed E-state index contributed by atoms with van der Waals surface area (Å²) >= 11 is 5.88. The third-order valence-corrected chi connectivity index (χ3v) is 5.61. The summed E-state index contributed by atoms with van der Waals surface area (Å²) in [5.41, 5.74) is -10.9. The minimum absolute atomic E-state index is 0.590. The Labute approximate surface area is 192 Å². The van der Waals surface area contributed by atoms with E-state index in [1.165, 1.54) is 0 Å². The highest BCUT2D eigenvalue weighted by molar-refractivity contribution is 6.31. The summed E-state index contributed by atoms with van der Waals surface area (Å²) in [5, 5.41) is 20.8. The van der Waals surface area contributed by atoms with Gasteiger partial charge in [0.05, 0.1) is 13.2 Å². The van der Waals surface area contributed by atoms with Gasteiger partial charge in [0.1, 0.15) is 17.7 Å². The molecular formula is C19H19ClF7NO6. The summed E-state index contributed by atoms with van der Waals surface area (Å²) in [6.07, 6.45) is -12.2. The van der Waals surface area contributed by atoms with Crippen LogP contribution in [0.4, 0.5) is 30.7 Å². The number of piperidine rings is 1. The number of rotatable bonds is 5. The summed E-state index contributed by atoms with van der Waals surface area (Å²) in [6.45, 7) is 1.07. The van der Waals surface area contributed by atoms with E-state index in [2.05, 4.69) is 9.47 Å². The van der Waals surface area contributed by atoms with Crippen molar-refractivity contribution in [1.82, 2.24) is 5.32 Å². The van der Waals surface area contributed by atoms with Gasteiger partial charge in [-0.25, -0.2) is 9.71 Å². The standard InChI is InChI=1S/C19H19ClF7NO6/c1-3-33-14(29)12-11(10-8(20)6-5-7-9(10)21)13(15(30)34-4-2)17(32,19(25,26)27)28-16(12,31)18(22,23)24/h5-7,11-13,28,31-32H,3-4H2,1-2H3/t11?,12-,13-,16-,17+/m0/s1. The molecule has 34 heavy (non-hydrogen) atoms. The molecule has 1 aliphatic heterocycles. The van der Waals surface area contributed by atoms with Crippen molar-refractivity contribution in [3.05, 3.63) is 34.6 Å². The molecule has 1 saturated heterocycles. The third-order valence-electron chi connectivity index (χ3n) is 5.28. The Bertz CT molecular complexity index is 874. The molecule has 3 N–H and O–H groups in total. The predicted molar refractivity (Wildman–Crippen MR) is 99.5 cm³/mol. The number of carbonyl (C=O) groups is 2. The van der Waals surface area contributed by atoms with E-state index in [4.69, 9.17) is 11.6 Å². The third kappa shape index (κ3) is 4.55. The largest absolute Gasteiger partial charge is 0.466 e. The topological polar surface area (TPSA) is 105 Å². The van der Waals surface area contributed by atoms with Gasteiger partial charge < -0.3 is 19.7 Å². The highest BCUT2D eigenvalue weighted by Gasteiger charge is 2.78. The summed E-state index contributed by atoms with van der Waals surface area (Å²) in [4.78, 5) is 25.3. The molecule has 1 fully saturated rings. The minimum atomic E-state index is -6.08. The molecule has 1 aromatic carbocycles. The molecule has 0 amide bonds. The molecule has 0 aromatic heterocycles. The van der Waals surface area contributed by atoms with Crippen molar-refractivity contribution in [2.75, 3.05) is 13.2 Å². The SMILES string of the molecule is CCOC(=O)[C@@H]1C(c2c(F)cccc2Cl)[C@@H](C(=O)OCC)[C@](O)(C(F)(F)F)N[C@]1(O)C(F)(F)F. The lowest BCUT2D eigenvalue weighted by molar-refractivity contribution is -0.376. The molecule has 1 aliphatic rings. The van der Waals surface area contributed by atoms with Crippen LogP contribution in [0.5, 0.6) is 0 Å². The lowest BCUT2D eigenvalue weighted by Crippen LogP contribution is -2.81. The first-order chi connectivity index (χ1) is 15.5. The van der Waals surface area contributed by atoms with E-state index in [1.54, 1.807) is 0 Å². The lowest BCUT2D eigenvalue weighted by Gasteiger charge is -2.54. The van der Waals surface area contributed by atoms with E-state index in [-0.39, 0.29) is 0 Å². The molecule has 5 atom stereocenters. The van der Waals surface area contributed by atoms with E-state index >= 15 is 0 Å². The zero-order valence-corrected chi connectivity index (χ0v) is 18.2. The second-order valence-electron chi connectivity index (χ2n) is 7.27. The maximum absolute atomic E-state index is 14.8. The van der Waals surface area contributed by atoms with Crippen molar-refractivity contribution in [2.45, 2.75) is 43.6 Å². The average Bonchev–Trinajstić information content (AvgIpc) is 2.66. The number of ether oxygens (including phenoxy) is 2. The van der Waals surface area contributed by atoms with Crippen LogP contribution < -0.4 is 5.32 Å². The van der Waals surface area contributed by atoms with Crippen molar-refractivity contribution < 1.29 is 60.0 Å².